The Kier molecular flexibility index (Phi) is 5.02. The number of hydrogen-bond donors (Lipinski definition) is 1. The van der Waals surface area contributed by atoms with Crippen LogP contribution in [0.3, 0.4) is 0 Å². The number of nitrogens with one attached hydrogen (secondary N) is 1. The molecule has 2 heterocycles. The van der Waals surface area contributed by atoms with Crippen LogP contribution in [0.2, 0.25) is 0 Å². The highest BCUT2D eigenvalue weighted by molar-refractivity contribution is 7.80. The summed E-state index contributed by atoms with van der Waals surface area (Å²) in [5.74, 6) is 1.78. The number of anilines is 1. The van der Waals surface area contributed by atoms with Gasteiger partial charge in [0.25, 0.3) is 0 Å². The minimum absolute atomic E-state index is 0.629. The minimum Gasteiger partial charge on any atom is -0.497 e. The van der Waals surface area contributed by atoms with Gasteiger partial charge in [-0.15, -0.1) is 0 Å². The van der Waals surface area contributed by atoms with E-state index in [2.05, 4.69) is 27.2 Å². The van der Waals surface area contributed by atoms with Crippen molar-refractivity contribution >= 4 is 23.0 Å². The molecule has 23 heavy (non-hydrogen) atoms. The Balaban J connectivity index is 1.48. The van der Waals surface area contributed by atoms with Gasteiger partial charge in [-0.2, -0.15) is 0 Å². The number of methoxy groups -OCH3 is 1. The van der Waals surface area contributed by atoms with E-state index in [-0.39, 0.29) is 0 Å². The molecule has 0 aliphatic carbocycles. The monoisotopic (exact) mass is 331 g/mol. The van der Waals surface area contributed by atoms with E-state index >= 15 is 0 Å². The molecule has 0 saturated carbocycles. The normalized spacial score (nSPS) is 14.7. The van der Waals surface area contributed by atoms with E-state index in [0.717, 1.165) is 42.8 Å². The Morgan fingerprint density at radius 2 is 1.91 bits per heavy atom. The van der Waals surface area contributed by atoms with Crippen LogP contribution in [0.4, 0.5) is 5.69 Å². The van der Waals surface area contributed by atoms with Gasteiger partial charge in [0.1, 0.15) is 11.5 Å². The van der Waals surface area contributed by atoms with Gasteiger partial charge in [-0.1, -0.05) is 0 Å². The average molecular weight is 331 g/mol. The number of benzene rings is 1. The van der Waals surface area contributed by atoms with E-state index < -0.39 is 0 Å². The summed E-state index contributed by atoms with van der Waals surface area (Å²) < 4.78 is 10.5. The van der Waals surface area contributed by atoms with Gasteiger partial charge in [-0.25, -0.2) is 0 Å². The standard InChI is InChI=1S/C17H21N3O2S/c1-21-15-6-4-14(5-7-15)19-8-10-20(11-9-19)17(23)18-13-16-3-2-12-22-16/h2-7,12H,8-11,13H2,1H3,(H,18,23). The first-order valence-corrected chi connectivity index (χ1v) is 8.11. The van der Waals surface area contributed by atoms with Gasteiger partial charge in [0.05, 0.1) is 19.9 Å². The zero-order chi connectivity index (χ0) is 16.1. The largest absolute Gasteiger partial charge is 0.497 e. The van der Waals surface area contributed by atoms with Crippen molar-refractivity contribution in [3.05, 3.63) is 48.4 Å². The molecule has 1 aromatic carbocycles. The Bertz CT molecular complexity index is 620. The smallest absolute Gasteiger partial charge is 0.169 e. The van der Waals surface area contributed by atoms with Crippen LogP contribution in [0.5, 0.6) is 5.75 Å². The number of ether oxygens (including phenoxy) is 1. The minimum atomic E-state index is 0.629. The number of hydrogen-bond acceptors (Lipinski definition) is 4. The van der Waals surface area contributed by atoms with Crippen LogP contribution in [-0.2, 0) is 6.54 Å². The topological polar surface area (TPSA) is 40.9 Å². The molecule has 1 fully saturated rings. The summed E-state index contributed by atoms with van der Waals surface area (Å²) >= 11 is 5.47. The van der Waals surface area contributed by atoms with E-state index in [1.54, 1.807) is 13.4 Å². The predicted molar refractivity (Wildman–Crippen MR) is 94.9 cm³/mol. The first-order valence-electron chi connectivity index (χ1n) is 7.70. The molecule has 3 rings (SSSR count). The van der Waals surface area contributed by atoms with Crippen molar-refractivity contribution in [2.45, 2.75) is 6.54 Å². The Morgan fingerprint density at radius 3 is 2.52 bits per heavy atom. The molecular formula is C17H21N3O2S. The Labute approximate surface area is 141 Å². The number of furan rings is 1. The molecule has 0 radical (unpaired) electrons. The van der Waals surface area contributed by atoms with Gasteiger partial charge < -0.3 is 24.3 Å². The molecule has 2 aromatic rings. The van der Waals surface area contributed by atoms with Crippen LogP contribution in [-0.4, -0.2) is 43.3 Å². The van der Waals surface area contributed by atoms with Crippen molar-refractivity contribution in [3.8, 4) is 5.75 Å². The van der Waals surface area contributed by atoms with Crippen LogP contribution in [0.15, 0.2) is 47.1 Å². The Morgan fingerprint density at radius 1 is 1.17 bits per heavy atom. The highest BCUT2D eigenvalue weighted by atomic mass is 32.1. The summed E-state index contributed by atoms with van der Waals surface area (Å²) in [7, 11) is 1.68. The molecule has 0 bridgehead atoms. The molecule has 0 amide bonds. The van der Waals surface area contributed by atoms with Crippen molar-refractivity contribution < 1.29 is 9.15 Å². The van der Waals surface area contributed by atoms with E-state index in [9.17, 15) is 0 Å². The maximum Gasteiger partial charge on any atom is 0.169 e. The highest BCUT2D eigenvalue weighted by Crippen LogP contribution is 2.20. The number of nitrogens with zero attached hydrogens (tertiary/aromatic N) is 2. The van der Waals surface area contributed by atoms with Gasteiger partial charge in [-0.05, 0) is 48.6 Å². The number of rotatable bonds is 4. The summed E-state index contributed by atoms with van der Waals surface area (Å²) in [6.07, 6.45) is 1.67. The van der Waals surface area contributed by atoms with Crippen LogP contribution in [0.1, 0.15) is 5.76 Å². The predicted octanol–water partition coefficient (Wildman–Crippen LogP) is 2.48. The van der Waals surface area contributed by atoms with Crippen LogP contribution in [0.25, 0.3) is 0 Å². The fraction of sp³-hybridized carbons (Fsp3) is 0.353. The van der Waals surface area contributed by atoms with Crippen molar-refractivity contribution in [2.24, 2.45) is 0 Å². The molecule has 122 valence electrons. The molecule has 1 aliphatic rings. The average Bonchev–Trinajstić information content (AvgIpc) is 3.13. The fourth-order valence-electron chi connectivity index (χ4n) is 2.65. The fourth-order valence-corrected chi connectivity index (χ4v) is 2.90. The third-order valence-electron chi connectivity index (χ3n) is 4.00. The highest BCUT2D eigenvalue weighted by Gasteiger charge is 2.19. The van der Waals surface area contributed by atoms with Crippen LogP contribution < -0.4 is 15.0 Å². The van der Waals surface area contributed by atoms with E-state index in [1.807, 2.05) is 24.3 Å². The van der Waals surface area contributed by atoms with Gasteiger partial charge in [-0.3, -0.25) is 0 Å². The third kappa shape index (κ3) is 3.96. The lowest BCUT2D eigenvalue weighted by atomic mass is 10.2. The lowest BCUT2D eigenvalue weighted by molar-refractivity contribution is 0.377. The molecule has 1 saturated heterocycles. The quantitative estimate of drug-likeness (QED) is 0.868. The van der Waals surface area contributed by atoms with E-state index in [4.69, 9.17) is 21.4 Å². The van der Waals surface area contributed by atoms with Crippen molar-refractivity contribution in [3.63, 3.8) is 0 Å². The molecule has 0 atom stereocenters. The summed E-state index contributed by atoms with van der Waals surface area (Å²) in [6, 6.07) is 12.0. The lowest BCUT2D eigenvalue weighted by Gasteiger charge is -2.37. The number of piperazine rings is 1. The second kappa shape index (κ2) is 7.37. The first kappa shape index (κ1) is 15.7. The SMILES string of the molecule is COc1ccc(N2CCN(C(=S)NCc3ccco3)CC2)cc1. The summed E-state index contributed by atoms with van der Waals surface area (Å²) in [5.41, 5.74) is 1.22. The van der Waals surface area contributed by atoms with Crippen LogP contribution in [0, 0.1) is 0 Å². The zero-order valence-electron chi connectivity index (χ0n) is 13.2. The van der Waals surface area contributed by atoms with Crippen molar-refractivity contribution in [1.82, 2.24) is 10.2 Å². The van der Waals surface area contributed by atoms with Gasteiger partial charge >= 0.3 is 0 Å². The first-order chi connectivity index (χ1) is 11.3. The maximum absolute atomic E-state index is 5.47. The maximum atomic E-state index is 5.47. The summed E-state index contributed by atoms with van der Waals surface area (Å²) in [6.45, 7) is 4.36. The molecule has 1 aromatic heterocycles. The lowest BCUT2D eigenvalue weighted by Crippen LogP contribution is -2.51. The summed E-state index contributed by atoms with van der Waals surface area (Å²) in [4.78, 5) is 4.57. The molecule has 6 heteroatoms. The zero-order valence-corrected chi connectivity index (χ0v) is 14.0. The molecular weight excluding hydrogens is 310 g/mol. The van der Waals surface area contributed by atoms with Crippen molar-refractivity contribution in [1.29, 1.82) is 0 Å². The molecule has 5 nitrogen and oxygen atoms in total. The third-order valence-corrected chi connectivity index (χ3v) is 4.40. The second-order valence-corrected chi connectivity index (χ2v) is 5.80. The van der Waals surface area contributed by atoms with Crippen molar-refractivity contribution in [2.75, 3.05) is 38.2 Å². The van der Waals surface area contributed by atoms with Gasteiger partial charge in [0.15, 0.2) is 5.11 Å². The van der Waals surface area contributed by atoms with E-state index in [1.165, 1.54) is 5.69 Å². The Hall–Kier alpha value is -2.21. The van der Waals surface area contributed by atoms with E-state index in [0.29, 0.717) is 6.54 Å². The second-order valence-electron chi connectivity index (χ2n) is 5.41. The molecule has 0 unspecified atom stereocenters. The number of thiocarbonyl (C=S) groups is 1. The molecule has 1 aliphatic heterocycles. The molecule has 0 spiro atoms. The van der Waals surface area contributed by atoms with Crippen LogP contribution >= 0.6 is 12.2 Å². The van der Waals surface area contributed by atoms with Gasteiger partial charge in [0.2, 0.25) is 0 Å². The molecule has 1 N–H and O–H groups in total. The van der Waals surface area contributed by atoms with Gasteiger partial charge in [0, 0.05) is 31.9 Å². The summed E-state index contributed by atoms with van der Waals surface area (Å²) in [5, 5.41) is 4.04.